The average molecular weight is 702 g/mol. The molecule has 3 unspecified atom stereocenters. The number of Topliss-reactive ketones (excluding diaryl/α,β-unsaturated/α-hetero) is 1. The van der Waals surface area contributed by atoms with E-state index in [9.17, 15) is 28.8 Å². The number of carbonyl (C=O) groups is 6. The van der Waals surface area contributed by atoms with E-state index >= 15 is 0 Å². The Morgan fingerprint density at radius 2 is 1.62 bits per heavy atom. The minimum absolute atomic E-state index is 0.0779. The van der Waals surface area contributed by atoms with Gasteiger partial charge in [0.25, 0.3) is 5.91 Å². The van der Waals surface area contributed by atoms with E-state index in [-0.39, 0.29) is 48.3 Å². The minimum Gasteiger partial charge on any atom is -0.460 e. The van der Waals surface area contributed by atoms with Gasteiger partial charge in [0.1, 0.15) is 19.2 Å². The number of hydrogen-bond donors (Lipinski definition) is 4. The second-order valence-electron chi connectivity index (χ2n) is 14.4. The molecule has 12 nitrogen and oxygen atoms in total. The highest BCUT2D eigenvalue weighted by molar-refractivity contribution is 6.38. The van der Waals surface area contributed by atoms with Gasteiger partial charge >= 0.3 is 5.97 Å². The molecule has 0 saturated carbocycles. The SMILES string of the molecule is C=CCNC(=O)C(=O)C(CCC)NC(=O)[C@@H]1C(C(C)(C)C)CCN1C(=O)C(NC)C(C)(C)C.CCC.O=CNCC(=O)OCc1ccccc1. The number of ketones is 1. The van der Waals surface area contributed by atoms with E-state index < -0.39 is 35.8 Å². The van der Waals surface area contributed by atoms with Gasteiger partial charge in [-0.25, -0.2) is 0 Å². The second-order valence-corrected chi connectivity index (χ2v) is 14.4. The molecular formula is C38H63N5O7. The van der Waals surface area contributed by atoms with E-state index in [1.165, 1.54) is 12.5 Å². The highest BCUT2D eigenvalue weighted by Gasteiger charge is 2.49. The van der Waals surface area contributed by atoms with Crippen LogP contribution in [-0.2, 0) is 40.1 Å². The predicted molar refractivity (Wildman–Crippen MR) is 197 cm³/mol. The van der Waals surface area contributed by atoms with Crippen LogP contribution in [0.15, 0.2) is 43.0 Å². The zero-order chi connectivity index (χ0) is 38.5. The van der Waals surface area contributed by atoms with Gasteiger partial charge in [-0.1, -0.05) is 112 Å². The smallest absolute Gasteiger partial charge is 0.325 e. The maximum Gasteiger partial charge on any atom is 0.325 e. The fourth-order valence-corrected chi connectivity index (χ4v) is 5.50. The highest BCUT2D eigenvalue weighted by Crippen LogP contribution is 2.39. The molecule has 282 valence electrons. The molecule has 0 aliphatic carbocycles. The summed E-state index contributed by atoms with van der Waals surface area (Å²) < 4.78 is 4.87. The standard InChI is InChI=1S/C25H44N4O4.C10H11NO3.C3H8/c1-10-12-17(19(30)22(32)27-14-11-2)28-21(31)18-16(24(3,4)5)13-15-29(18)23(33)20(26-9)25(6,7)8;12-8-11-6-10(13)14-7-9-4-2-1-3-5-9;1-3-2/h11,16-18,20,26H,2,10,12-15H2,1,3-9H3,(H,27,32)(H,28,31);1-5,8H,6-7H2,(H,11,12);3H2,1-2H3/t16?,17?,18-,20?;;/m0../s1. The molecule has 4 N–H and O–H groups in total. The van der Waals surface area contributed by atoms with Crippen molar-refractivity contribution in [2.75, 3.05) is 26.7 Å². The van der Waals surface area contributed by atoms with E-state index in [0.29, 0.717) is 32.2 Å². The number of likely N-dealkylation sites (N-methyl/N-ethyl adjacent to an activating group) is 1. The number of likely N-dealkylation sites (tertiary alicyclic amines) is 1. The lowest BCUT2D eigenvalue weighted by Gasteiger charge is -2.38. The number of nitrogens with zero attached hydrogens (tertiary/aromatic N) is 1. The molecule has 1 aromatic rings. The van der Waals surface area contributed by atoms with Crippen LogP contribution in [0, 0.1) is 16.7 Å². The summed E-state index contributed by atoms with van der Waals surface area (Å²) in [4.78, 5) is 74.5. The molecule has 1 fully saturated rings. The van der Waals surface area contributed by atoms with Gasteiger partial charge < -0.3 is 30.9 Å². The Labute approximate surface area is 299 Å². The van der Waals surface area contributed by atoms with Crippen LogP contribution in [0.25, 0.3) is 0 Å². The summed E-state index contributed by atoms with van der Waals surface area (Å²) in [6, 6.07) is 7.25. The number of nitrogens with one attached hydrogen (secondary N) is 4. The summed E-state index contributed by atoms with van der Waals surface area (Å²) in [5.74, 6) is -2.46. The topological polar surface area (TPSA) is 163 Å². The number of amides is 4. The van der Waals surface area contributed by atoms with Crippen LogP contribution in [0.1, 0.15) is 93.6 Å². The van der Waals surface area contributed by atoms with E-state index in [1.807, 2.05) is 58.0 Å². The lowest BCUT2D eigenvalue weighted by molar-refractivity contribution is -0.145. The summed E-state index contributed by atoms with van der Waals surface area (Å²) in [6.45, 7) is 22.6. The van der Waals surface area contributed by atoms with Crippen molar-refractivity contribution in [1.29, 1.82) is 0 Å². The number of rotatable bonds is 15. The van der Waals surface area contributed by atoms with Crippen molar-refractivity contribution in [3.63, 3.8) is 0 Å². The Balaban J connectivity index is 0.00000116. The summed E-state index contributed by atoms with van der Waals surface area (Å²) in [6.07, 6.45) is 4.85. The van der Waals surface area contributed by atoms with Crippen molar-refractivity contribution in [3.05, 3.63) is 48.6 Å². The van der Waals surface area contributed by atoms with Crippen molar-refractivity contribution in [2.24, 2.45) is 16.7 Å². The monoisotopic (exact) mass is 701 g/mol. The Kier molecular flexibility index (Phi) is 21.5. The van der Waals surface area contributed by atoms with Crippen molar-refractivity contribution >= 4 is 35.9 Å². The maximum atomic E-state index is 13.6. The molecule has 50 heavy (non-hydrogen) atoms. The molecule has 2 rings (SSSR count). The van der Waals surface area contributed by atoms with E-state index in [0.717, 1.165) is 5.56 Å². The van der Waals surface area contributed by atoms with Gasteiger partial charge in [0.05, 0.1) is 12.1 Å². The molecule has 0 spiro atoms. The van der Waals surface area contributed by atoms with Crippen LogP contribution in [0.5, 0.6) is 0 Å². The lowest BCUT2D eigenvalue weighted by Crippen LogP contribution is -2.59. The number of esters is 1. The van der Waals surface area contributed by atoms with Crippen molar-refractivity contribution < 1.29 is 33.5 Å². The first kappa shape index (κ1) is 45.9. The first-order chi connectivity index (χ1) is 23.4. The first-order valence-corrected chi connectivity index (χ1v) is 17.5. The van der Waals surface area contributed by atoms with Gasteiger partial charge in [-0.2, -0.15) is 0 Å². The van der Waals surface area contributed by atoms with Crippen LogP contribution < -0.4 is 21.3 Å². The first-order valence-electron chi connectivity index (χ1n) is 17.5. The molecule has 12 heteroatoms. The summed E-state index contributed by atoms with van der Waals surface area (Å²) in [7, 11) is 1.75. The zero-order valence-corrected chi connectivity index (χ0v) is 32.0. The molecule has 1 aromatic carbocycles. The number of carbonyl (C=O) groups excluding carboxylic acids is 6. The molecule has 0 radical (unpaired) electrons. The predicted octanol–water partition coefficient (Wildman–Crippen LogP) is 3.93. The van der Waals surface area contributed by atoms with Crippen molar-refractivity contribution in [2.45, 2.75) is 113 Å². The Hall–Kier alpha value is -4.06. The van der Waals surface area contributed by atoms with E-state index in [2.05, 4.69) is 62.5 Å². The molecule has 0 bridgehead atoms. The lowest BCUT2D eigenvalue weighted by atomic mass is 9.75. The van der Waals surface area contributed by atoms with Gasteiger partial charge in [0, 0.05) is 13.1 Å². The third-order valence-electron chi connectivity index (χ3n) is 7.88. The molecule has 4 amide bonds. The molecule has 1 heterocycles. The van der Waals surface area contributed by atoms with Crippen LogP contribution >= 0.6 is 0 Å². The van der Waals surface area contributed by atoms with Gasteiger partial charge in [0.2, 0.25) is 24.0 Å². The third-order valence-corrected chi connectivity index (χ3v) is 7.88. The minimum atomic E-state index is -0.937. The Morgan fingerprint density at radius 3 is 2.10 bits per heavy atom. The summed E-state index contributed by atoms with van der Waals surface area (Å²) in [5, 5.41) is 10.6. The number of ether oxygens (including phenoxy) is 1. The van der Waals surface area contributed by atoms with Gasteiger partial charge in [-0.15, -0.1) is 6.58 Å². The number of hydrogen-bond acceptors (Lipinski definition) is 8. The van der Waals surface area contributed by atoms with Crippen LogP contribution in [0.2, 0.25) is 0 Å². The molecular weight excluding hydrogens is 638 g/mol. The van der Waals surface area contributed by atoms with E-state index in [1.54, 1.807) is 11.9 Å². The normalized spacial score (nSPS) is 16.6. The van der Waals surface area contributed by atoms with Crippen LogP contribution in [-0.4, -0.2) is 85.6 Å². The Morgan fingerprint density at radius 1 is 1.02 bits per heavy atom. The van der Waals surface area contributed by atoms with Gasteiger partial charge in [-0.05, 0) is 42.2 Å². The Bertz CT molecular complexity index is 1220. The molecule has 4 atom stereocenters. The van der Waals surface area contributed by atoms with Crippen molar-refractivity contribution in [1.82, 2.24) is 26.2 Å². The zero-order valence-electron chi connectivity index (χ0n) is 32.0. The molecule has 1 aliphatic rings. The third kappa shape index (κ3) is 16.1. The van der Waals surface area contributed by atoms with Crippen LogP contribution in [0.3, 0.4) is 0 Å². The molecule has 1 saturated heterocycles. The largest absolute Gasteiger partial charge is 0.460 e. The van der Waals surface area contributed by atoms with Gasteiger partial charge in [0.15, 0.2) is 0 Å². The number of benzene rings is 1. The fraction of sp³-hybridized carbons (Fsp3) is 0.632. The molecule has 1 aliphatic heterocycles. The van der Waals surface area contributed by atoms with Gasteiger partial charge in [-0.3, -0.25) is 28.8 Å². The molecule has 0 aromatic heterocycles. The second kappa shape index (κ2) is 23.4. The summed E-state index contributed by atoms with van der Waals surface area (Å²) in [5.41, 5.74) is 0.364. The van der Waals surface area contributed by atoms with Crippen LogP contribution in [0.4, 0.5) is 0 Å². The summed E-state index contributed by atoms with van der Waals surface area (Å²) >= 11 is 0. The quantitative estimate of drug-likeness (QED) is 0.0926. The maximum absolute atomic E-state index is 13.6. The fourth-order valence-electron chi connectivity index (χ4n) is 5.50. The van der Waals surface area contributed by atoms with Crippen molar-refractivity contribution in [3.8, 4) is 0 Å². The average Bonchev–Trinajstić information content (AvgIpc) is 3.52. The van der Waals surface area contributed by atoms with E-state index in [4.69, 9.17) is 4.74 Å². The highest BCUT2D eigenvalue weighted by atomic mass is 16.5.